The summed E-state index contributed by atoms with van der Waals surface area (Å²) in [4.78, 5) is 10.9. The third-order valence-corrected chi connectivity index (χ3v) is 2.55. The highest BCUT2D eigenvalue weighted by atomic mass is 16.5. The lowest BCUT2D eigenvalue weighted by Gasteiger charge is -2.23. The van der Waals surface area contributed by atoms with E-state index in [4.69, 9.17) is 5.73 Å². The van der Waals surface area contributed by atoms with Crippen molar-refractivity contribution in [1.29, 1.82) is 0 Å². The molecule has 1 aliphatic carbocycles. The van der Waals surface area contributed by atoms with E-state index in [1.54, 1.807) is 0 Å². The summed E-state index contributed by atoms with van der Waals surface area (Å²) in [6.45, 7) is 0. The van der Waals surface area contributed by atoms with Gasteiger partial charge in [0, 0.05) is 6.04 Å². The van der Waals surface area contributed by atoms with Crippen molar-refractivity contribution in [2.45, 2.75) is 31.7 Å². The van der Waals surface area contributed by atoms with Gasteiger partial charge in [0.05, 0.1) is 13.5 Å². The predicted octanol–water partition coefficient (Wildman–Crippen LogP) is 1.23. The summed E-state index contributed by atoms with van der Waals surface area (Å²) in [5, 5.41) is 0. The molecule has 1 aliphatic rings. The molecule has 2 N–H and O–H groups in total. The van der Waals surface area contributed by atoms with Crippen LogP contribution < -0.4 is 5.73 Å². The molecule has 0 amide bonds. The third kappa shape index (κ3) is 3.19. The number of rotatable bonds is 3. The monoisotopic (exact) mass is 183 g/mol. The van der Waals surface area contributed by atoms with Crippen LogP contribution in [-0.4, -0.2) is 19.1 Å². The van der Waals surface area contributed by atoms with Gasteiger partial charge in [-0.25, -0.2) is 0 Å². The SMILES string of the molecule is COC(=O)CC(N)C1CC=CCC1. The van der Waals surface area contributed by atoms with Crippen LogP contribution in [0.5, 0.6) is 0 Å². The van der Waals surface area contributed by atoms with Gasteiger partial charge in [-0.1, -0.05) is 12.2 Å². The highest BCUT2D eigenvalue weighted by molar-refractivity contribution is 5.69. The van der Waals surface area contributed by atoms with Gasteiger partial charge in [-0.3, -0.25) is 4.79 Å². The molecule has 3 heteroatoms. The second-order valence-corrected chi connectivity index (χ2v) is 3.49. The van der Waals surface area contributed by atoms with Gasteiger partial charge in [-0.15, -0.1) is 0 Å². The molecular weight excluding hydrogens is 166 g/mol. The summed E-state index contributed by atoms with van der Waals surface area (Å²) in [5.74, 6) is 0.242. The van der Waals surface area contributed by atoms with E-state index < -0.39 is 0 Å². The summed E-state index contributed by atoms with van der Waals surface area (Å²) in [7, 11) is 1.40. The molecule has 0 fully saturated rings. The second-order valence-electron chi connectivity index (χ2n) is 3.49. The summed E-state index contributed by atoms with van der Waals surface area (Å²) in [6, 6.07) is -0.0441. The molecule has 3 nitrogen and oxygen atoms in total. The fourth-order valence-electron chi connectivity index (χ4n) is 1.65. The molecule has 0 aliphatic heterocycles. The van der Waals surface area contributed by atoms with Gasteiger partial charge in [0.25, 0.3) is 0 Å². The minimum atomic E-state index is -0.206. The molecule has 0 aromatic rings. The van der Waals surface area contributed by atoms with Gasteiger partial charge in [-0.2, -0.15) is 0 Å². The number of nitrogens with two attached hydrogens (primary N) is 1. The average Bonchev–Trinajstić information content (AvgIpc) is 2.19. The first-order valence-corrected chi connectivity index (χ1v) is 4.71. The van der Waals surface area contributed by atoms with E-state index in [1.807, 2.05) is 0 Å². The fourth-order valence-corrected chi connectivity index (χ4v) is 1.65. The molecule has 0 spiro atoms. The molecule has 13 heavy (non-hydrogen) atoms. The molecule has 0 bridgehead atoms. The average molecular weight is 183 g/mol. The molecule has 0 heterocycles. The maximum Gasteiger partial charge on any atom is 0.307 e. The maximum absolute atomic E-state index is 10.9. The van der Waals surface area contributed by atoms with E-state index in [-0.39, 0.29) is 12.0 Å². The summed E-state index contributed by atoms with van der Waals surface area (Å²) in [5.41, 5.74) is 5.89. The van der Waals surface area contributed by atoms with Gasteiger partial charge in [0.1, 0.15) is 0 Å². The van der Waals surface area contributed by atoms with Crippen molar-refractivity contribution in [3.8, 4) is 0 Å². The molecule has 2 atom stereocenters. The van der Waals surface area contributed by atoms with Crippen LogP contribution >= 0.6 is 0 Å². The molecule has 0 saturated carbocycles. The van der Waals surface area contributed by atoms with Gasteiger partial charge < -0.3 is 10.5 Å². The number of carbonyl (C=O) groups is 1. The number of ether oxygens (including phenoxy) is 1. The zero-order valence-corrected chi connectivity index (χ0v) is 8.03. The zero-order valence-electron chi connectivity index (χ0n) is 8.03. The van der Waals surface area contributed by atoms with Crippen LogP contribution in [0.15, 0.2) is 12.2 Å². The normalized spacial score (nSPS) is 24.0. The Kier molecular flexibility index (Phi) is 3.96. The Labute approximate surface area is 78.9 Å². The van der Waals surface area contributed by atoms with Crippen LogP contribution in [-0.2, 0) is 9.53 Å². The van der Waals surface area contributed by atoms with E-state index >= 15 is 0 Å². The topological polar surface area (TPSA) is 52.3 Å². The van der Waals surface area contributed by atoms with Crippen LogP contribution in [0.1, 0.15) is 25.7 Å². The predicted molar refractivity (Wildman–Crippen MR) is 51.1 cm³/mol. The molecule has 0 saturated heterocycles. The Morgan fingerprint density at radius 1 is 1.69 bits per heavy atom. The van der Waals surface area contributed by atoms with Crippen LogP contribution in [0.2, 0.25) is 0 Å². The van der Waals surface area contributed by atoms with Crippen molar-refractivity contribution >= 4 is 5.97 Å². The van der Waals surface area contributed by atoms with Crippen molar-refractivity contribution in [2.24, 2.45) is 11.7 Å². The largest absolute Gasteiger partial charge is 0.469 e. The van der Waals surface area contributed by atoms with Gasteiger partial charge in [-0.05, 0) is 25.2 Å². The first kappa shape index (κ1) is 10.3. The van der Waals surface area contributed by atoms with E-state index in [1.165, 1.54) is 7.11 Å². The molecule has 0 aromatic carbocycles. The van der Waals surface area contributed by atoms with Gasteiger partial charge >= 0.3 is 5.97 Å². The smallest absolute Gasteiger partial charge is 0.307 e. The number of allylic oxidation sites excluding steroid dienone is 2. The molecule has 0 aromatic heterocycles. The first-order chi connectivity index (χ1) is 6.24. The lowest BCUT2D eigenvalue weighted by Crippen LogP contribution is -2.33. The molecule has 74 valence electrons. The van der Waals surface area contributed by atoms with Crippen LogP contribution in [0, 0.1) is 5.92 Å². The Balaban J connectivity index is 2.33. The van der Waals surface area contributed by atoms with Crippen LogP contribution in [0.25, 0.3) is 0 Å². The quantitative estimate of drug-likeness (QED) is 0.529. The maximum atomic E-state index is 10.9. The van der Waals surface area contributed by atoms with Crippen LogP contribution in [0.4, 0.5) is 0 Å². The first-order valence-electron chi connectivity index (χ1n) is 4.71. The Morgan fingerprint density at radius 3 is 3.00 bits per heavy atom. The number of hydrogen-bond acceptors (Lipinski definition) is 3. The highest BCUT2D eigenvalue weighted by Crippen LogP contribution is 2.22. The third-order valence-electron chi connectivity index (χ3n) is 2.55. The van der Waals surface area contributed by atoms with Crippen molar-refractivity contribution in [3.05, 3.63) is 12.2 Å². The Bertz CT molecular complexity index is 201. The van der Waals surface area contributed by atoms with Gasteiger partial charge in [0.15, 0.2) is 0 Å². The van der Waals surface area contributed by atoms with E-state index in [9.17, 15) is 4.79 Å². The van der Waals surface area contributed by atoms with Crippen molar-refractivity contribution < 1.29 is 9.53 Å². The lowest BCUT2D eigenvalue weighted by atomic mass is 9.87. The van der Waals surface area contributed by atoms with Crippen molar-refractivity contribution in [3.63, 3.8) is 0 Å². The molecular formula is C10H17NO2. The number of esters is 1. The van der Waals surface area contributed by atoms with Crippen molar-refractivity contribution in [2.75, 3.05) is 7.11 Å². The standard InChI is InChI=1S/C10H17NO2/c1-13-10(12)7-9(11)8-5-3-2-4-6-8/h2-3,8-9H,4-7,11H2,1H3. The fraction of sp³-hybridized carbons (Fsp3) is 0.700. The van der Waals surface area contributed by atoms with Gasteiger partial charge in [0.2, 0.25) is 0 Å². The minimum absolute atomic E-state index is 0.0441. The van der Waals surface area contributed by atoms with Crippen molar-refractivity contribution in [1.82, 2.24) is 0 Å². The molecule has 2 unspecified atom stereocenters. The van der Waals surface area contributed by atoms with E-state index in [2.05, 4.69) is 16.9 Å². The van der Waals surface area contributed by atoms with E-state index in [0.29, 0.717) is 12.3 Å². The zero-order chi connectivity index (χ0) is 9.68. The summed E-state index contributed by atoms with van der Waals surface area (Å²) >= 11 is 0. The summed E-state index contributed by atoms with van der Waals surface area (Å²) < 4.78 is 4.57. The Hall–Kier alpha value is -0.830. The Morgan fingerprint density at radius 2 is 2.46 bits per heavy atom. The number of hydrogen-bond donors (Lipinski definition) is 1. The molecule has 0 radical (unpaired) electrons. The van der Waals surface area contributed by atoms with E-state index in [0.717, 1.165) is 19.3 Å². The van der Waals surface area contributed by atoms with Crippen LogP contribution in [0.3, 0.4) is 0 Å². The summed E-state index contributed by atoms with van der Waals surface area (Å²) in [6.07, 6.45) is 7.83. The molecule has 1 rings (SSSR count). The minimum Gasteiger partial charge on any atom is -0.469 e. The second kappa shape index (κ2) is 5.02. The highest BCUT2D eigenvalue weighted by Gasteiger charge is 2.20. The number of methoxy groups -OCH3 is 1. The lowest BCUT2D eigenvalue weighted by molar-refractivity contribution is -0.141. The number of carbonyl (C=O) groups excluding carboxylic acids is 1.